The van der Waals surface area contributed by atoms with E-state index in [2.05, 4.69) is 20.9 Å². The number of hydrogen-bond donors (Lipinski definition) is 1. The van der Waals surface area contributed by atoms with Crippen LogP contribution in [0.4, 0.5) is 0 Å². The summed E-state index contributed by atoms with van der Waals surface area (Å²) in [6.07, 6.45) is 0. The first-order valence-corrected chi connectivity index (χ1v) is 6.70. The van der Waals surface area contributed by atoms with Crippen LogP contribution in [0, 0.1) is 0 Å². The van der Waals surface area contributed by atoms with Gasteiger partial charge in [-0.25, -0.2) is 9.78 Å². The van der Waals surface area contributed by atoms with Crippen LogP contribution in [0.1, 0.15) is 10.4 Å². The smallest absolute Gasteiger partial charge is 0.339 e. The van der Waals surface area contributed by atoms with Gasteiger partial charge in [0.1, 0.15) is 16.0 Å². The van der Waals surface area contributed by atoms with Crippen molar-refractivity contribution in [2.75, 3.05) is 0 Å². The summed E-state index contributed by atoms with van der Waals surface area (Å²) < 4.78 is 6.46. The number of rotatable bonds is 2. The van der Waals surface area contributed by atoms with Crippen LogP contribution in [-0.4, -0.2) is 16.1 Å². The Kier molecular flexibility index (Phi) is 2.68. The fourth-order valence-corrected chi connectivity index (χ4v) is 3.13. The van der Waals surface area contributed by atoms with E-state index in [1.165, 1.54) is 17.4 Å². The molecule has 6 heteroatoms. The van der Waals surface area contributed by atoms with E-state index in [1.54, 1.807) is 12.1 Å². The summed E-state index contributed by atoms with van der Waals surface area (Å²) in [5.74, 6) is -0.589. The summed E-state index contributed by atoms with van der Waals surface area (Å²) in [7, 11) is 0. The molecule has 1 aromatic carbocycles. The van der Waals surface area contributed by atoms with E-state index in [9.17, 15) is 4.79 Å². The van der Waals surface area contributed by atoms with Gasteiger partial charge in [-0.1, -0.05) is 6.07 Å². The quantitative estimate of drug-likeness (QED) is 0.773. The van der Waals surface area contributed by atoms with Gasteiger partial charge in [0, 0.05) is 4.47 Å². The number of benzene rings is 1. The van der Waals surface area contributed by atoms with Gasteiger partial charge >= 0.3 is 5.97 Å². The number of oxazole rings is 1. The Morgan fingerprint density at radius 1 is 1.39 bits per heavy atom. The van der Waals surface area contributed by atoms with Crippen molar-refractivity contribution in [1.82, 2.24) is 4.98 Å². The molecular weight excluding hydrogens is 318 g/mol. The van der Waals surface area contributed by atoms with Crippen molar-refractivity contribution in [1.29, 1.82) is 0 Å². The van der Waals surface area contributed by atoms with Crippen LogP contribution in [0.5, 0.6) is 0 Å². The number of aromatic carboxylic acids is 1. The molecule has 0 aliphatic heterocycles. The van der Waals surface area contributed by atoms with Gasteiger partial charge in [-0.15, -0.1) is 11.3 Å². The van der Waals surface area contributed by atoms with Crippen molar-refractivity contribution in [3.63, 3.8) is 0 Å². The van der Waals surface area contributed by atoms with Gasteiger partial charge in [0.25, 0.3) is 0 Å². The van der Waals surface area contributed by atoms with Gasteiger partial charge in [-0.2, -0.15) is 0 Å². The number of thiophene rings is 1. The first-order valence-electron chi connectivity index (χ1n) is 5.03. The maximum atomic E-state index is 11.1. The molecule has 0 fully saturated rings. The molecule has 0 unspecified atom stereocenters. The maximum absolute atomic E-state index is 11.1. The van der Waals surface area contributed by atoms with E-state index < -0.39 is 5.97 Å². The Hall–Kier alpha value is -1.66. The Labute approximate surface area is 114 Å². The molecule has 2 aromatic heterocycles. The third-order valence-electron chi connectivity index (χ3n) is 2.46. The van der Waals surface area contributed by atoms with E-state index in [0.717, 1.165) is 9.35 Å². The van der Waals surface area contributed by atoms with Crippen molar-refractivity contribution >= 4 is 44.3 Å². The predicted octanol–water partition coefficient (Wildman–Crippen LogP) is 4.02. The molecule has 2 heterocycles. The van der Waals surface area contributed by atoms with Crippen LogP contribution in [0.15, 0.2) is 38.5 Å². The third kappa shape index (κ3) is 1.74. The molecule has 0 aliphatic carbocycles. The molecule has 3 aromatic rings. The molecule has 0 bridgehead atoms. The summed E-state index contributed by atoms with van der Waals surface area (Å²) in [5, 5.41) is 11.0. The SMILES string of the molecule is O=C(O)c1cccc2nc(-c3sccc3Br)oc12. The van der Waals surface area contributed by atoms with Crippen LogP contribution < -0.4 is 0 Å². The second-order valence-corrected chi connectivity index (χ2v) is 5.35. The van der Waals surface area contributed by atoms with E-state index >= 15 is 0 Å². The first-order chi connectivity index (χ1) is 8.66. The number of carboxylic acids is 1. The molecular formula is C12H6BrNO3S. The van der Waals surface area contributed by atoms with Gasteiger partial charge < -0.3 is 9.52 Å². The van der Waals surface area contributed by atoms with Gasteiger partial charge in [-0.05, 0) is 39.5 Å². The van der Waals surface area contributed by atoms with Crippen molar-refractivity contribution in [3.05, 3.63) is 39.7 Å². The molecule has 3 rings (SSSR count). The lowest BCUT2D eigenvalue weighted by Crippen LogP contribution is -1.95. The number of carbonyl (C=O) groups is 1. The second kappa shape index (κ2) is 4.22. The highest BCUT2D eigenvalue weighted by molar-refractivity contribution is 9.10. The minimum absolute atomic E-state index is 0.124. The number of fused-ring (bicyclic) bond motifs is 1. The Balaban J connectivity index is 2.26. The van der Waals surface area contributed by atoms with Crippen molar-refractivity contribution in [3.8, 4) is 10.8 Å². The Bertz CT molecular complexity index is 747. The Morgan fingerprint density at radius 2 is 2.22 bits per heavy atom. The average molecular weight is 324 g/mol. The zero-order chi connectivity index (χ0) is 12.7. The fourth-order valence-electron chi connectivity index (χ4n) is 1.66. The lowest BCUT2D eigenvalue weighted by atomic mass is 10.2. The van der Waals surface area contributed by atoms with Crippen molar-refractivity contribution in [2.24, 2.45) is 0 Å². The molecule has 0 saturated heterocycles. The summed E-state index contributed by atoms with van der Waals surface area (Å²) in [6.45, 7) is 0. The van der Waals surface area contributed by atoms with Crippen molar-refractivity contribution in [2.45, 2.75) is 0 Å². The largest absolute Gasteiger partial charge is 0.478 e. The molecule has 0 saturated carbocycles. The lowest BCUT2D eigenvalue weighted by molar-refractivity contribution is 0.0698. The average Bonchev–Trinajstić information content (AvgIpc) is 2.92. The number of para-hydroxylation sites is 1. The highest BCUT2D eigenvalue weighted by atomic mass is 79.9. The number of aromatic nitrogens is 1. The highest BCUT2D eigenvalue weighted by Crippen LogP contribution is 2.35. The van der Waals surface area contributed by atoms with E-state index in [4.69, 9.17) is 9.52 Å². The van der Waals surface area contributed by atoms with Crippen LogP contribution in [0.3, 0.4) is 0 Å². The minimum atomic E-state index is -1.02. The zero-order valence-corrected chi connectivity index (χ0v) is 11.3. The minimum Gasteiger partial charge on any atom is -0.478 e. The van der Waals surface area contributed by atoms with Crippen LogP contribution >= 0.6 is 27.3 Å². The molecule has 1 N–H and O–H groups in total. The molecule has 90 valence electrons. The van der Waals surface area contributed by atoms with E-state index in [0.29, 0.717) is 17.0 Å². The number of nitrogens with zero attached hydrogens (tertiary/aromatic N) is 1. The summed E-state index contributed by atoms with van der Waals surface area (Å²) in [4.78, 5) is 16.2. The van der Waals surface area contributed by atoms with Gasteiger partial charge in [0.05, 0.1) is 0 Å². The number of hydrogen-bond acceptors (Lipinski definition) is 4. The van der Waals surface area contributed by atoms with E-state index in [-0.39, 0.29) is 5.56 Å². The first kappa shape index (κ1) is 11.4. The highest BCUT2D eigenvalue weighted by Gasteiger charge is 2.17. The standard InChI is InChI=1S/C12H6BrNO3S/c13-7-4-5-18-10(7)11-14-8-3-1-2-6(12(15)16)9(8)17-11/h1-5H,(H,15,16). The van der Waals surface area contributed by atoms with Crippen molar-refractivity contribution < 1.29 is 14.3 Å². The number of carboxylic acid groups (broad SMARTS) is 1. The van der Waals surface area contributed by atoms with Gasteiger partial charge in [-0.3, -0.25) is 0 Å². The summed E-state index contributed by atoms with van der Waals surface area (Å²) in [6, 6.07) is 6.79. The van der Waals surface area contributed by atoms with Gasteiger partial charge in [0.2, 0.25) is 5.89 Å². The zero-order valence-electron chi connectivity index (χ0n) is 8.88. The second-order valence-electron chi connectivity index (χ2n) is 3.58. The number of halogens is 1. The third-order valence-corrected chi connectivity index (χ3v) is 4.28. The predicted molar refractivity (Wildman–Crippen MR) is 72.0 cm³/mol. The molecule has 0 amide bonds. The topological polar surface area (TPSA) is 63.3 Å². The van der Waals surface area contributed by atoms with Crippen LogP contribution in [0.25, 0.3) is 21.9 Å². The molecule has 4 nitrogen and oxygen atoms in total. The maximum Gasteiger partial charge on any atom is 0.339 e. The Morgan fingerprint density at radius 3 is 2.89 bits per heavy atom. The van der Waals surface area contributed by atoms with Crippen LogP contribution in [-0.2, 0) is 0 Å². The molecule has 18 heavy (non-hydrogen) atoms. The summed E-state index contributed by atoms with van der Waals surface area (Å²) in [5.41, 5.74) is 0.976. The fraction of sp³-hybridized carbons (Fsp3) is 0. The van der Waals surface area contributed by atoms with E-state index in [1.807, 2.05) is 11.4 Å². The normalized spacial score (nSPS) is 10.9. The molecule has 0 radical (unpaired) electrons. The molecule has 0 spiro atoms. The van der Waals surface area contributed by atoms with Crippen LogP contribution in [0.2, 0.25) is 0 Å². The molecule has 0 atom stereocenters. The van der Waals surface area contributed by atoms with Gasteiger partial charge in [0.15, 0.2) is 5.58 Å². The summed E-state index contributed by atoms with van der Waals surface area (Å²) >= 11 is 4.88. The molecule has 0 aliphatic rings. The monoisotopic (exact) mass is 323 g/mol. The lowest BCUT2D eigenvalue weighted by Gasteiger charge is -1.93.